The molecular formula is C7H5BrFNO. The minimum Gasteiger partial charge on any atom is -0.398 e. The van der Waals surface area contributed by atoms with Crippen molar-refractivity contribution in [2.45, 2.75) is 0 Å². The molecule has 1 aromatic rings. The van der Waals surface area contributed by atoms with E-state index in [1.165, 1.54) is 12.1 Å². The molecule has 0 aliphatic heterocycles. The zero-order chi connectivity index (χ0) is 8.43. The molecule has 58 valence electrons. The van der Waals surface area contributed by atoms with Crippen molar-refractivity contribution in [3.63, 3.8) is 0 Å². The molecule has 2 N–H and O–H groups in total. The number of nitrogen functional groups attached to an aromatic ring is 1. The molecule has 0 aliphatic carbocycles. The highest BCUT2D eigenvalue weighted by molar-refractivity contribution is 9.10. The number of hydrogen-bond acceptors (Lipinski definition) is 2. The Hall–Kier alpha value is -0.900. The van der Waals surface area contributed by atoms with E-state index in [9.17, 15) is 9.18 Å². The van der Waals surface area contributed by atoms with E-state index in [1.807, 2.05) is 0 Å². The van der Waals surface area contributed by atoms with Crippen LogP contribution in [0.2, 0.25) is 0 Å². The van der Waals surface area contributed by atoms with Gasteiger partial charge in [0.1, 0.15) is 5.82 Å². The first-order chi connectivity index (χ1) is 5.16. The molecule has 1 rings (SSSR count). The van der Waals surface area contributed by atoms with Gasteiger partial charge in [-0.3, -0.25) is 4.79 Å². The molecule has 1 aromatic carbocycles. The Labute approximate surface area is 71.3 Å². The van der Waals surface area contributed by atoms with Gasteiger partial charge in [0.25, 0.3) is 0 Å². The van der Waals surface area contributed by atoms with Crippen LogP contribution < -0.4 is 5.73 Å². The van der Waals surface area contributed by atoms with E-state index in [0.29, 0.717) is 6.29 Å². The SMILES string of the molecule is Nc1ccc(Br)c(F)c1C=O. The monoisotopic (exact) mass is 217 g/mol. The highest BCUT2D eigenvalue weighted by Crippen LogP contribution is 2.21. The molecule has 0 saturated heterocycles. The van der Waals surface area contributed by atoms with Gasteiger partial charge in [-0.05, 0) is 28.1 Å². The molecule has 0 radical (unpaired) electrons. The molecule has 0 bridgehead atoms. The number of benzene rings is 1. The Morgan fingerprint density at radius 3 is 2.64 bits per heavy atom. The smallest absolute Gasteiger partial charge is 0.155 e. The van der Waals surface area contributed by atoms with Crippen LogP contribution >= 0.6 is 15.9 Å². The summed E-state index contributed by atoms with van der Waals surface area (Å²) in [6, 6.07) is 2.93. The van der Waals surface area contributed by atoms with Gasteiger partial charge >= 0.3 is 0 Å². The van der Waals surface area contributed by atoms with Crippen LogP contribution in [0.5, 0.6) is 0 Å². The number of rotatable bonds is 1. The number of anilines is 1. The predicted molar refractivity (Wildman–Crippen MR) is 43.9 cm³/mol. The third kappa shape index (κ3) is 1.40. The summed E-state index contributed by atoms with van der Waals surface area (Å²) in [5.41, 5.74) is 5.36. The van der Waals surface area contributed by atoms with Crippen LogP contribution in [0.15, 0.2) is 16.6 Å². The average molecular weight is 218 g/mol. The lowest BCUT2D eigenvalue weighted by atomic mass is 10.2. The zero-order valence-electron chi connectivity index (χ0n) is 5.47. The van der Waals surface area contributed by atoms with E-state index < -0.39 is 5.82 Å². The van der Waals surface area contributed by atoms with E-state index in [0.717, 1.165) is 0 Å². The molecule has 0 fully saturated rings. The van der Waals surface area contributed by atoms with E-state index in [4.69, 9.17) is 5.73 Å². The summed E-state index contributed by atoms with van der Waals surface area (Å²) in [4.78, 5) is 10.3. The molecule has 4 heteroatoms. The van der Waals surface area contributed by atoms with Crippen molar-refractivity contribution in [3.05, 3.63) is 28.0 Å². The molecule has 0 unspecified atom stereocenters. The third-order valence-electron chi connectivity index (χ3n) is 1.28. The lowest BCUT2D eigenvalue weighted by molar-refractivity contribution is 0.112. The maximum atomic E-state index is 12.9. The summed E-state index contributed by atoms with van der Waals surface area (Å²) in [7, 11) is 0. The highest BCUT2D eigenvalue weighted by Gasteiger charge is 2.07. The molecule has 0 spiro atoms. The molecule has 0 atom stereocenters. The summed E-state index contributed by atoms with van der Waals surface area (Å²) in [6.07, 6.45) is 0.398. The topological polar surface area (TPSA) is 43.1 Å². The Balaban J connectivity index is 3.40. The van der Waals surface area contributed by atoms with Crippen molar-refractivity contribution in [2.75, 3.05) is 5.73 Å². The van der Waals surface area contributed by atoms with Gasteiger partial charge in [0.15, 0.2) is 6.29 Å². The Morgan fingerprint density at radius 2 is 2.18 bits per heavy atom. The summed E-state index contributed by atoms with van der Waals surface area (Å²) >= 11 is 2.93. The van der Waals surface area contributed by atoms with Gasteiger partial charge in [-0.15, -0.1) is 0 Å². The van der Waals surface area contributed by atoms with Crippen molar-refractivity contribution >= 4 is 27.9 Å². The van der Waals surface area contributed by atoms with Gasteiger partial charge < -0.3 is 5.73 Å². The Morgan fingerprint density at radius 1 is 1.55 bits per heavy atom. The summed E-state index contributed by atoms with van der Waals surface area (Å²) in [5.74, 6) is -0.611. The van der Waals surface area contributed by atoms with Crippen LogP contribution in [0.1, 0.15) is 10.4 Å². The van der Waals surface area contributed by atoms with E-state index in [-0.39, 0.29) is 15.7 Å². The van der Waals surface area contributed by atoms with Crippen LogP contribution in [0.25, 0.3) is 0 Å². The summed E-state index contributed by atoms with van der Waals surface area (Å²) in [5, 5.41) is 0. The van der Waals surface area contributed by atoms with Crippen LogP contribution in [0.4, 0.5) is 10.1 Å². The average Bonchev–Trinajstić information content (AvgIpc) is 1.99. The predicted octanol–water partition coefficient (Wildman–Crippen LogP) is 1.98. The van der Waals surface area contributed by atoms with E-state index in [2.05, 4.69) is 15.9 Å². The quantitative estimate of drug-likeness (QED) is 0.578. The largest absolute Gasteiger partial charge is 0.398 e. The Bertz CT molecular complexity index is 301. The van der Waals surface area contributed by atoms with Gasteiger partial charge in [-0.1, -0.05) is 0 Å². The maximum absolute atomic E-state index is 12.9. The fraction of sp³-hybridized carbons (Fsp3) is 0. The van der Waals surface area contributed by atoms with Gasteiger partial charge in [0.2, 0.25) is 0 Å². The summed E-state index contributed by atoms with van der Waals surface area (Å²) < 4.78 is 13.1. The molecule has 11 heavy (non-hydrogen) atoms. The first kappa shape index (κ1) is 8.20. The van der Waals surface area contributed by atoms with Crippen LogP contribution in [0, 0.1) is 5.82 Å². The second-order valence-corrected chi connectivity index (χ2v) is 2.84. The van der Waals surface area contributed by atoms with Crippen molar-refractivity contribution in [1.29, 1.82) is 0 Å². The molecule has 0 saturated carbocycles. The number of aldehydes is 1. The van der Waals surface area contributed by atoms with Crippen LogP contribution in [0.3, 0.4) is 0 Å². The standard InChI is InChI=1S/C7H5BrFNO/c8-5-1-2-6(10)4(3-11)7(5)9/h1-3H,10H2. The molecule has 0 amide bonds. The number of carbonyl (C=O) groups is 1. The van der Waals surface area contributed by atoms with Gasteiger partial charge in [0, 0.05) is 5.69 Å². The van der Waals surface area contributed by atoms with Gasteiger partial charge in [0.05, 0.1) is 10.0 Å². The van der Waals surface area contributed by atoms with E-state index >= 15 is 0 Å². The van der Waals surface area contributed by atoms with Crippen molar-refractivity contribution < 1.29 is 9.18 Å². The van der Waals surface area contributed by atoms with Gasteiger partial charge in [-0.2, -0.15) is 0 Å². The molecular weight excluding hydrogens is 213 g/mol. The number of carbonyl (C=O) groups excluding carboxylic acids is 1. The maximum Gasteiger partial charge on any atom is 0.155 e. The van der Waals surface area contributed by atoms with Crippen LogP contribution in [-0.2, 0) is 0 Å². The molecule has 2 nitrogen and oxygen atoms in total. The third-order valence-corrected chi connectivity index (χ3v) is 1.90. The van der Waals surface area contributed by atoms with E-state index in [1.54, 1.807) is 0 Å². The zero-order valence-corrected chi connectivity index (χ0v) is 7.06. The summed E-state index contributed by atoms with van der Waals surface area (Å²) in [6.45, 7) is 0. The van der Waals surface area contributed by atoms with Crippen molar-refractivity contribution in [2.24, 2.45) is 0 Å². The fourth-order valence-electron chi connectivity index (χ4n) is 0.701. The molecule has 0 aromatic heterocycles. The second kappa shape index (κ2) is 3.00. The molecule has 0 aliphatic rings. The minimum atomic E-state index is -0.611. The lowest BCUT2D eigenvalue weighted by Gasteiger charge is -2.00. The van der Waals surface area contributed by atoms with Crippen LogP contribution in [-0.4, -0.2) is 6.29 Å². The number of nitrogens with two attached hydrogens (primary N) is 1. The second-order valence-electron chi connectivity index (χ2n) is 1.98. The fourth-order valence-corrected chi connectivity index (χ4v) is 1.05. The number of hydrogen-bond donors (Lipinski definition) is 1. The van der Waals surface area contributed by atoms with Gasteiger partial charge in [-0.25, -0.2) is 4.39 Å². The Kier molecular flexibility index (Phi) is 2.24. The number of halogens is 2. The van der Waals surface area contributed by atoms with Crippen molar-refractivity contribution in [1.82, 2.24) is 0 Å². The normalized spacial score (nSPS) is 9.64. The van der Waals surface area contributed by atoms with Crippen molar-refractivity contribution in [3.8, 4) is 0 Å². The lowest BCUT2D eigenvalue weighted by Crippen LogP contribution is -1.96. The first-order valence-electron chi connectivity index (χ1n) is 2.85. The first-order valence-corrected chi connectivity index (χ1v) is 3.64. The minimum absolute atomic E-state index is 0.0978. The highest BCUT2D eigenvalue weighted by atomic mass is 79.9. The molecule has 0 heterocycles.